The second kappa shape index (κ2) is 5.80. The first-order chi connectivity index (χ1) is 7.91. The van der Waals surface area contributed by atoms with E-state index in [0.29, 0.717) is 18.6 Å². The van der Waals surface area contributed by atoms with E-state index in [4.69, 9.17) is 0 Å². The van der Waals surface area contributed by atoms with E-state index in [2.05, 4.69) is 11.7 Å². The van der Waals surface area contributed by atoms with E-state index in [0.717, 1.165) is 29.8 Å². The van der Waals surface area contributed by atoms with E-state index in [1.54, 1.807) is 0 Å². The Labute approximate surface area is 104 Å². The number of rotatable bonds is 6. The number of carbonyl (C=O) groups excluding carboxylic acids is 1. The van der Waals surface area contributed by atoms with E-state index in [9.17, 15) is 4.79 Å². The molecule has 0 aromatic carbocycles. The van der Waals surface area contributed by atoms with Gasteiger partial charge in [-0.3, -0.25) is 9.48 Å². The molecule has 1 aromatic rings. The van der Waals surface area contributed by atoms with Gasteiger partial charge in [0.25, 0.3) is 0 Å². The first kappa shape index (κ1) is 13.7. The van der Waals surface area contributed by atoms with Crippen LogP contribution in [0.2, 0.25) is 0 Å². The molecule has 1 rings (SSSR count). The molecular weight excluding hydrogens is 212 g/mol. The minimum absolute atomic E-state index is 0.315. The fourth-order valence-electron chi connectivity index (χ4n) is 1.92. The van der Waals surface area contributed by atoms with Crippen LogP contribution in [0.4, 0.5) is 0 Å². The van der Waals surface area contributed by atoms with Gasteiger partial charge < -0.3 is 0 Å². The highest BCUT2D eigenvalue weighted by Crippen LogP contribution is 2.15. The van der Waals surface area contributed by atoms with Crippen molar-refractivity contribution in [1.29, 1.82) is 0 Å². The Hall–Kier alpha value is -1.38. The smallest absolute Gasteiger partial charge is 0.133 e. The topological polar surface area (TPSA) is 34.9 Å². The Balaban J connectivity index is 2.50. The first-order valence-corrected chi connectivity index (χ1v) is 6.07. The third-order valence-electron chi connectivity index (χ3n) is 3.14. The van der Waals surface area contributed by atoms with Crippen LogP contribution in [0.1, 0.15) is 43.1 Å². The zero-order valence-electron chi connectivity index (χ0n) is 11.3. The van der Waals surface area contributed by atoms with E-state index in [1.165, 1.54) is 5.56 Å². The lowest BCUT2D eigenvalue weighted by molar-refractivity contribution is -0.119. The summed E-state index contributed by atoms with van der Waals surface area (Å²) in [4.78, 5) is 11.7. The van der Waals surface area contributed by atoms with Crippen LogP contribution in [-0.2, 0) is 18.3 Å². The Morgan fingerprint density at radius 1 is 1.29 bits per heavy atom. The molecule has 0 N–H and O–H groups in total. The van der Waals surface area contributed by atoms with Gasteiger partial charge in [-0.1, -0.05) is 5.57 Å². The Kier molecular flexibility index (Phi) is 4.67. The fraction of sp³-hybridized carbons (Fsp3) is 0.571. The minimum Gasteiger partial charge on any atom is -0.300 e. The van der Waals surface area contributed by atoms with Crippen LogP contribution in [0, 0.1) is 13.8 Å². The molecule has 0 aliphatic carbocycles. The van der Waals surface area contributed by atoms with Gasteiger partial charge in [0, 0.05) is 25.6 Å². The van der Waals surface area contributed by atoms with E-state index in [1.807, 2.05) is 32.5 Å². The molecule has 0 aliphatic rings. The molecule has 0 atom stereocenters. The van der Waals surface area contributed by atoms with E-state index < -0.39 is 0 Å². The lowest BCUT2D eigenvalue weighted by Crippen LogP contribution is -2.02. The summed E-state index contributed by atoms with van der Waals surface area (Å²) in [7, 11) is 1.94. The second-order valence-corrected chi connectivity index (χ2v) is 4.77. The summed E-state index contributed by atoms with van der Waals surface area (Å²) in [5.74, 6) is 0.315. The number of hydrogen-bond acceptors (Lipinski definition) is 2. The van der Waals surface area contributed by atoms with Crippen molar-refractivity contribution in [2.24, 2.45) is 7.05 Å². The molecule has 1 aromatic heterocycles. The quantitative estimate of drug-likeness (QED) is 0.709. The molecule has 0 saturated carbocycles. The van der Waals surface area contributed by atoms with Gasteiger partial charge in [0.05, 0.1) is 5.69 Å². The number of Topliss-reactive ketones (excluding diaryl/α,β-unsaturated/α-hetero) is 1. The number of nitrogens with zero attached hydrogens (tertiary/aromatic N) is 2. The molecule has 94 valence electrons. The molecule has 0 fully saturated rings. The van der Waals surface area contributed by atoms with Gasteiger partial charge in [-0.15, -0.1) is 6.58 Å². The highest BCUT2D eigenvalue weighted by atomic mass is 16.1. The summed E-state index contributed by atoms with van der Waals surface area (Å²) in [5.41, 5.74) is 4.50. The maximum Gasteiger partial charge on any atom is 0.133 e. The highest BCUT2D eigenvalue weighted by molar-refractivity contribution is 5.78. The summed E-state index contributed by atoms with van der Waals surface area (Å²) in [5, 5.41) is 4.35. The number of hydrogen-bond donors (Lipinski definition) is 0. The maximum absolute atomic E-state index is 11.7. The molecule has 0 unspecified atom stereocenters. The molecule has 3 nitrogen and oxygen atoms in total. The number of aromatic nitrogens is 2. The molecule has 0 radical (unpaired) electrons. The van der Waals surface area contributed by atoms with Gasteiger partial charge in [0.2, 0.25) is 0 Å². The van der Waals surface area contributed by atoms with Gasteiger partial charge in [0.1, 0.15) is 5.78 Å². The summed E-state index contributed by atoms with van der Waals surface area (Å²) in [6.45, 7) is 9.82. The largest absolute Gasteiger partial charge is 0.300 e. The molecule has 0 saturated heterocycles. The molecule has 0 amide bonds. The summed E-state index contributed by atoms with van der Waals surface area (Å²) >= 11 is 0. The monoisotopic (exact) mass is 234 g/mol. The molecule has 0 spiro atoms. The lowest BCUT2D eigenvalue weighted by Gasteiger charge is -2.02. The first-order valence-electron chi connectivity index (χ1n) is 6.07. The molecule has 0 aliphatic heterocycles. The van der Waals surface area contributed by atoms with Crippen LogP contribution in [-0.4, -0.2) is 15.6 Å². The number of allylic oxidation sites excluding steroid dienone is 1. The average Bonchev–Trinajstić information content (AvgIpc) is 2.48. The normalized spacial score (nSPS) is 10.6. The summed E-state index contributed by atoms with van der Waals surface area (Å²) in [6.07, 6.45) is 2.85. The van der Waals surface area contributed by atoms with Crippen molar-refractivity contribution in [3.63, 3.8) is 0 Å². The van der Waals surface area contributed by atoms with Gasteiger partial charge in [-0.2, -0.15) is 5.10 Å². The van der Waals surface area contributed by atoms with Crippen molar-refractivity contribution < 1.29 is 4.79 Å². The van der Waals surface area contributed by atoms with Gasteiger partial charge in [0.15, 0.2) is 0 Å². The van der Waals surface area contributed by atoms with E-state index >= 15 is 0 Å². The predicted molar refractivity (Wildman–Crippen MR) is 70.1 cm³/mol. The Morgan fingerprint density at radius 2 is 1.94 bits per heavy atom. The molecule has 1 heterocycles. The highest BCUT2D eigenvalue weighted by Gasteiger charge is 2.11. The van der Waals surface area contributed by atoms with Crippen LogP contribution in [0.15, 0.2) is 12.2 Å². The van der Waals surface area contributed by atoms with Gasteiger partial charge in [-0.25, -0.2) is 0 Å². The zero-order chi connectivity index (χ0) is 13.0. The summed E-state index contributed by atoms with van der Waals surface area (Å²) in [6, 6.07) is 0. The van der Waals surface area contributed by atoms with Crippen molar-refractivity contribution in [2.45, 2.75) is 46.5 Å². The molecule has 17 heavy (non-hydrogen) atoms. The Bertz CT molecular complexity index is 430. The SMILES string of the molecule is C=C(C)CCC(=O)CCc1c(C)nn(C)c1C. The van der Waals surface area contributed by atoms with Crippen LogP contribution >= 0.6 is 0 Å². The maximum atomic E-state index is 11.7. The average molecular weight is 234 g/mol. The van der Waals surface area contributed by atoms with Crippen LogP contribution in [0.5, 0.6) is 0 Å². The van der Waals surface area contributed by atoms with Gasteiger partial charge >= 0.3 is 0 Å². The number of ketones is 1. The number of carbonyl (C=O) groups is 1. The predicted octanol–water partition coefficient (Wildman–Crippen LogP) is 2.89. The fourth-order valence-corrected chi connectivity index (χ4v) is 1.92. The standard InChI is InChI=1S/C14H22N2O/c1-10(2)6-7-13(17)8-9-14-11(3)15-16(5)12(14)4/h1,6-9H2,2-5H3. The molecular formula is C14H22N2O. The van der Waals surface area contributed by atoms with Crippen molar-refractivity contribution in [1.82, 2.24) is 9.78 Å². The van der Waals surface area contributed by atoms with Crippen LogP contribution in [0.3, 0.4) is 0 Å². The third kappa shape index (κ3) is 3.84. The Morgan fingerprint density at radius 3 is 2.41 bits per heavy atom. The lowest BCUT2D eigenvalue weighted by atomic mass is 10.0. The third-order valence-corrected chi connectivity index (χ3v) is 3.14. The molecule has 3 heteroatoms. The van der Waals surface area contributed by atoms with Crippen molar-refractivity contribution >= 4 is 5.78 Å². The minimum atomic E-state index is 0.315. The van der Waals surface area contributed by atoms with Crippen LogP contribution < -0.4 is 0 Å². The van der Waals surface area contributed by atoms with Crippen molar-refractivity contribution in [3.05, 3.63) is 29.1 Å². The zero-order valence-corrected chi connectivity index (χ0v) is 11.3. The van der Waals surface area contributed by atoms with Crippen molar-refractivity contribution in [3.8, 4) is 0 Å². The van der Waals surface area contributed by atoms with Gasteiger partial charge in [-0.05, 0) is 39.2 Å². The molecule has 0 bridgehead atoms. The van der Waals surface area contributed by atoms with E-state index in [-0.39, 0.29) is 0 Å². The second-order valence-electron chi connectivity index (χ2n) is 4.77. The van der Waals surface area contributed by atoms with Crippen molar-refractivity contribution in [2.75, 3.05) is 0 Å². The van der Waals surface area contributed by atoms with Crippen LogP contribution in [0.25, 0.3) is 0 Å². The summed E-state index contributed by atoms with van der Waals surface area (Å²) < 4.78 is 1.88. The number of aryl methyl sites for hydroxylation is 2.